The normalized spacial score (nSPS) is 14.6. The maximum atomic E-state index is 12.4. The molecular weight excluding hydrogens is 276 g/mol. The molecule has 2 aromatic rings. The van der Waals surface area contributed by atoms with Gasteiger partial charge in [0, 0.05) is 5.56 Å². The summed E-state index contributed by atoms with van der Waals surface area (Å²) in [6, 6.07) is 13.1. The summed E-state index contributed by atoms with van der Waals surface area (Å²) in [6.45, 7) is 6.00. The molecule has 0 atom stereocenters. The number of carbonyl (C=O) groups excluding carboxylic acids is 1. The molecule has 3 nitrogen and oxygen atoms in total. The third-order valence-corrected chi connectivity index (χ3v) is 3.39. The van der Waals surface area contributed by atoms with Gasteiger partial charge in [-0.1, -0.05) is 42.5 Å². The summed E-state index contributed by atoms with van der Waals surface area (Å²) in [5, 5.41) is 0. The summed E-state index contributed by atoms with van der Waals surface area (Å²) in [6.07, 6.45) is 3.40. The van der Waals surface area contributed by atoms with Crippen LogP contribution < -0.4 is 9.47 Å². The van der Waals surface area contributed by atoms with E-state index in [0.29, 0.717) is 29.4 Å². The van der Waals surface area contributed by atoms with E-state index in [9.17, 15) is 4.79 Å². The van der Waals surface area contributed by atoms with Crippen molar-refractivity contribution in [3.63, 3.8) is 0 Å². The lowest BCUT2D eigenvalue weighted by atomic mass is 10.1. The molecule has 0 saturated heterocycles. The quantitative estimate of drug-likeness (QED) is 0.626. The molecule has 0 bridgehead atoms. The van der Waals surface area contributed by atoms with Crippen molar-refractivity contribution in [3.05, 3.63) is 77.6 Å². The summed E-state index contributed by atoms with van der Waals surface area (Å²) >= 11 is 0. The van der Waals surface area contributed by atoms with Crippen molar-refractivity contribution >= 4 is 11.9 Å². The number of carbonyl (C=O) groups is 1. The number of benzene rings is 2. The average Bonchev–Trinajstić information content (AvgIpc) is 2.83. The van der Waals surface area contributed by atoms with E-state index in [1.54, 1.807) is 12.2 Å². The SMILES string of the molecule is C=CCOc1ccccc1/C=C1\Oc2ccc(C)cc2C1=O. The molecule has 1 heterocycles. The van der Waals surface area contributed by atoms with Crippen LogP contribution in [-0.2, 0) is 0 Å². The van der Waals surface area contributed by atoms with Crippen molar-refractivity contribution in [2.75, 3.05) is 6.61 Å². The first-order chi connectivity index (χ1) is 10.7. The molecule has 2 aromatic carbocycles. The van der Waals surface area contributed by atoms with Crippen LogP contribution in [0, 0.1) is 6.92 Å². The molecule has 0 fully saturated rings. The molecular formula is C19H16O3. The highest BCUT2D eigenvalue weighted by atomic mass is 16.5. The lowest BCUT2D eigenvalue weighted by molar-refractivity contribution is 0.101. The lowest BCUT2D eigenvalue weighted by Gasteiger charge is -2.07. The zero-order valence-electron chi connectivity index (χ0n) is 12.3. The van der Waals surface area contributed by atoms with E-state index in [1.807, 2.05) is 49.4 Å². The Labute approximate surface area is 129 Å². The minimum Gasteiger partial charge on any atom is -0.489 e. The van der Waals surface area contributed by atoms with Crippen LogP contribution in [0.1, 0.15) is 21.5 Å². The Bertz CT molecular complexity index is 772. The summed E-state index contributed by atoms with van der Waals surface area (Å²) in [5.74, 6) is 1.51. The number of aryl methyl sites for hydroxylation is 1. The second-order valence-corrected chi connectivity index (χ2v) is 5.08. The van der Waals surface area contributed by atoms with Gasteiger partial charge in [0.2, 0.25) is 5.78 Å². The van der Waals surface area contributed by atoms with Gasteiger partial charge >= 0.3 is 0 Å². The number of ketones is 1. The third kappa shape index (κ3) is 2.66. The third-order valence-electron chi connectivity index (χ3n) is 3.39. The van der Waals surface area contributed by atoms with Gasteiger partial charge in [-0.3, -0.25) is 4.79 Å². The first-order valence-electron chi connectivity index (χ1n) is 7.06. The zero-order chi connectivity index (χ0) is 15.5. The molecule has 0 aromatic heterocycles. The van der Waals surface area contributed by atoms with Crippen molar-refractivity contribution in [1.29, 1.82) is 0 Å². The van der Waals surface area contributed by atoms with Crippen LogP contribution in [-0.4, -0.2) is 12.4 Å². The van der Waals surface area contributed by atoms with Crippen LogP contribution in [0.5, 0.6) is 11.5 Å². The average molecular weight is 292 g/mol. The van der Waals surface area contributed by atoms with Crippen LogP contribution in [0.4, 0.5) is 0 Å². The van der Waals surface area contributed by atoms with Crippen molar-refractivity contribution in [1.82, 2.24) is 0 Å². The maximum Gasteiger partial charge on any atom is 0.231 e. The number of hydrogen-bond acceptors (Lipinski definition) is 3. The van der Waals surface area contributed by atoms with E-state index in [0.717, 1.165) is 11.1 Å². The molecule has 0 amide bonds. The van der Waals surface area contributed by atoms with Gasteiger partial charge in [0.15, 0.2) is 5.76 Å². The predicted octanol–water partition coefficient (Wildman–Crippen LogP) is 4.18. The van der Waals surface area contributed by atoms with E-state index in [1.165, 1.54) is 0 Å². The highest BCUT2D eigenvalue weighted by molar-refractivity contribution is 6.14. The number of fused-ring (bicyclic) bond motifs is 1. The molecule has 1 aliphatic rings. The molecule has 3 heteroatoms. The molecule has 0 saturated carbocycles. The number of para-hydroxylation sites is 1. The fourth-order valence-electron chi connectivity index (χ4n) is 2.32. The van der Waals surface area contributed by atoms with Gasteiger partial charge in [-0.05, 0) is 31.2 Å². The Kier molecular flexibility index (Phi) is 3.79. The van der Waals surface area contributed by atoms with Gasteiger partial charge in [0.1, 0.15) is 18.1 Å². The molecule has 0 spiro atoms. The first kappa shape index (κ1) is 14.1. The molecule has 0 aliphatic carbocycles. The highest BCUT2D eigenvalue weighted by Crippen LogP contribution is 2.33. The number of rotatable bonds is 4. The zero-order valence-corrected chi connectivity index (χ0v) is 12.3. The smallest absolute Gasteiger partial charge is 0.231 e. The summed E-state index contributed by atoms with van der Waals surface area (Å²) < 4.78 is 11.3. The van der Waals surface area contributed by atoms with E-state index in [2.05, 4.69) is 6.58 Å². The highest BCUT2D eigenvalue weighted by Gasteiger charge is 2.27. The molecule has 1 aliphatic heterocycles. The first-order valence-corrected chi connectivity index (χ1v) is 7.06. The van der Waals surface area contributed by atoms with Gasteiger partial charge in [-0.2, -0.15) is 0 Å². The lowest BCUT2D eigenvalue weighted by Crippen LogP contribution is -2.00. The number of hydrogen-bond donors (Lipinski definition) is 0. The van der Waals surface area contributed by atoms with Crippen molar-refractivity contribution < 1.29 is 14.3 Å². The molecule has 0 unspecified atom stereocenters. The Morgan fingerprint density at radius 1 is 1.23 bits per heavy atom. The van der Waals surface area contributed by atoms with Crippen LogP contribution in [0.2, 0.25) is 0 Å². The van der Waals surface area contributed by atoms with Crippen molar-refractivity contribution in [3.8, 4) is 11.5 Å². The van der Waals surface area contributed by atoms with Crippen LogP contribution in [0.25, 0.3) is 6.08 Å². The Balaban J connectivity index is 1.95. The minimum atomic E-state index is -0.0998. The van der Waals surface area contributed by atoms with Gasteiger partial charge in [0.25, 0.3) is 0 Å². The molecule has 22 heavy (non-hydrogen) atoms. The van der Waals surface area contributed by atoms with Crippen molar-refractivity contribution in [2.24, 2.45) is 0 Å². The van der Waals surface area contributed by atoms with E-state index in [-0.39, 0.29) is 5.78 Å². The van der Waals surface area contributed by atoms with Gasteiger partial charge < -0.3 is 9.47 Å². The number of allylic oxidation sites excluding steroid dienone is 1. The fraction of sp³-hybridized carbons (Fsp3) is 0.105. The second-order valence-electron chi connectivity index (χ2n) is 5.08. The Morgan fingerprint density at radius 2 is 2.05 bits per heavy atom. The monoisotopic (exact) mass is 292 g/mol. The predicted molar refractivity (Wildman–Crippen MR) is 86.2 cm³/mol. The summed E-state index contributed by atoms with van der Waals surface area (Å²) in [7, 11) is 0. The van der Waals surface area contributed by atoms with Crippen LogP contribution in [0.3, 0.4) is 0 Å². The standard InChI is InChI=1S/C19H16O3/c1-3-10-21-16-7-5-4-6-14(16)12-18-19(20)15-11-13(2)8-9-17(15)22-18/h3-9,11-12H,1,10H2,2H3/b18-12-. The summed E-state index contributed by atoms with van der Waals surface area (Å²) in [4.78, 5) is 12.4. The Hall–Kier alpha value is -2.81. The molecule has 3 rings (SSSR count). The topological polar surface area (TPSA) is 35.5 Å². The van der Waals surface area contributed by atoms with E-state index >= 15 is 0 Å². The van der Waals surface area contributed by atoms with Crippen LogP contribution in [0.15, 0.2) is 60.9 Å². The van der Waals surface area contributed by atoms with Crippen LogP contribution >= 0.6 is 0 Å². The summed E-state index contributed by atoms with van der Waals surface area (Å²) in [5.41, 5.74) is 2.44. The van der Waals surface area contributed by atoms with E-state index in [4.69, 9.17) is 9.47 Å². The largest absolute Gasteiger partial charge is 0.489 e. The number of ether oxygens (including phenoxy) is 2. The van der Waals surface area contributed by atoms with E-state index < -0.39 is 0 Å². The molecule has 0 radical (unpaired) electrons. The molecule has 110 valence electrons. The number of Topliss-reactive ketones (excluding diaryl/α,β-unsaturated/α-hetero) is 1. The van der Waals surface area contributed by atoms with Gasteiger partial charge in [-0.25, -0.2) is 0 Å². The second kappa shape index (κ2) is 5.90. The maximum absolute atomic E-state index is 12.4. The van der Waals surface area contributed by atoms with Gasteiger partial charge in [0.05, 0.1) is 5.56 Å². The Morgan fingerprint density at radius 3 is 2.86 bits per heavy atom. The fourth-order valence-corrected chi connectivity index (χ4v) is 2.32. The van der Waals surface area contributed by atoms with Gasteiger partial charge in [-0.15, -0.1) is 0 Å². The van der Waals surface area contributed by atoms with Crippen molar-refractivity contribution in [2.45, 2.75) is 6.92 Å². The minimum absolute atomic E-state index is 0.0998. The molecule has 0 N–H and O–H groups in total.